The number of esters is 2. The fraction of sp³-hybridized carbons (Fsp3) is 0.907. The van der Waals surface area contributed by atoms with Gasteiger partial charge in [-0.15, -0.1) is 0 Å². The minimum atomic E-state index is -4.37. The minimum Gasteiger partial charge on any atom is -0.462 e. The quantitative estimate of drug-likeness (QED) is 0.0215. The van der Waals surface area contributed by atoms with E-state index in [1.54, 1.807) is 0 Å². The molecule has 314 valence electrons. The number of nitrogens with zero attached hydrogens (tertiary/aromatic N) is 1. The summed E-state index contributed by atoms with van der Waals surface area (Å²) in [4.78, 5) is 35.3. The third kappa shape index (κ3) is 40.2. The molecule has 0 saturated carbocycles. The maximum atomic E-state index is 12.7. The fourth-order valence-corrected chi connectivity index (χ4v) is 6.80. The lowest BCUT2D eigenvalue weighted by Crippen LogP contribution is -2.37. The summed E-state index contributed by atoms with van der Waals surface area (Å²) in [5, 5.41) is 0. The average Bonchev–Trinajstić information content (AvgIpc) is 3.10. The number of quaternary nitrogens is 1. The van der Waals surface area contributed by atoms with Crippen LogP contribution < -0.4 is 0 Å². The average molecular weight is 775 g/mol. The van der Waals surface area contributed by atoms with Crippen LogP contribution in [-0.2, 0) is 32.7 Å². The van der Waals surface area contributed by atoms with E-state index in [-0.39, 0.29) is 32.0 Å². The molecule has 0 aromatic rings. The van der Waals surface area contributed by atoms with Crippen molar-refractivity contribution in [3.05, 3.63) is 12.2 Å². The van der Waals surface area contributed by atoms with Crippen molar-refractivity contribution in [2.75, 3.05) is 47.5 Å². The largest absolute Gasteiger partial charge is 0.472 e. The second kappa shape index (κ2) is 36.4. The van der Waals surface area contributed by atoms with Gasteiger partial charge < -0.3 is 18.9 Å². The van der Waals surface area contributed by atoms with Gasteiger partial charge in [-0.25, -0.2) is 4.57 Å². The number of phosphoric ester groups is 1. The highest BCUT2D eigenvalue weighted by atomic mass is 31.2. The van der Waals surface area contributed by atoms with Gasteiger partial charge in [0.25, 0.3) is 0 Å². The second-order valence-electron chi connectivity index (χ2n) is 16.1. The first-order valence-electron chi connectivity index (χ1n) is 21.9. The smallest absolute Gasteiger partial charge is 0.462 e. The zero-order valence-corrected chi connectivity index (χ0v) is 36.2. The Morgan fingerprint density at radius 3 is 1.45 bits per heavy atom. The summed E-state index contributed by atoms with van der Waals surface area (Å²) in [6.45, 7) is 4.39. The molecule has 0 aliphatic heterocycles. The van der Waals surface area contributed by atoms with Gasteiger partial charge in [-0.3, -0.25) is 18.6 Å². The van der Waals surface area contributed by atoms with Crippen LogP contribution >= 0.6 is 7.82 Å². The molecule has 9 nitrogen and oxygen atoms in total. The third-order valence-corrected chi connectivity index (χ3v) is 10.5. The van der Waals surface area contributed by atoms with Crippen LogP contribution in [0.3, 0.4) is 0 Å². The molecule has 0 aromatic heterocycles. The maximum absolute atomic E-state index is 12.7. The Morgan fingerprint density at radius 2 is 0.981 bits per heavy atom. The molecule has 1 unspecified atom stereocenters. The number of hydrogen-bond acceptors (Lipinski definition) is 7. The van der Waals surface area contributed by atoms with Crippen molar-refractivity contribution < 1.29 is 42.1 Å². The van der Waals surface area contributed by atoms with Gasteiger partial charge in [-0.2, -0.15) is 0 Å². The van der Waals surface area contributed by atoms with Crippen molar-refractivity contribution in [2.24, 2.45) is 0 Å². The lowest BCUT2D eigenvalue weighted by molar-refractivity contribution is -0.870. The number of likely N-dealkylation sites (N-methyl/N-ethyl adjacent to an activating group) is 1. The molecule has 0 aromatic carbocycles. The summed E-state index contributed by atoms with van der Waals surface area (Å²) < 4.78 is 34.3. The highest BCUT2D eigenvalue weighted by Crippen LogP contribution is 2.43. The van der Waals surface area contributed by atoms with Gasteiger partial charge in [0.2, 0.25) is 0 Å². The Labute approximate surface area is 326 Å². The summed E-state index contributed by atoms with van der Waals surface area (Å²) in [5.74, 6) is -0.801. The molecule has 0 saturated heterocycles. The van der Waals surface area contributed by atoms with E-state index in [0.29, 0.717) is 17.4 Å². The van der Waals surface area contributed by atoms with Gasteiger partial charge in [-0.05, 0) is 32.1 Å². The van der Waals surface area contributed by atoms with E-state index in [1.807, 2.05) is 21.1 Å². The van der Waals surface area contributed by atoms with Crippen molar-refractivity contribution in [3.63, 3.8) is 0 Å². The van der Waals surface area contributed by atoms with Gasteiger partial charge >= 0.3 is 19.8 Å². The Morgan fingerprint density at radius 1 is 0.566 bits per heavy atom. The van der Waals surface area contributed by atoms with E-state index >= 15 is 0 Å². The molecule has 0 aliphatic rings. The first-order valence-corrected chi connectivity index (χ1v) is 23.4. The molecule has 0 heterocycles. The van der Waals surface area contributed by atoms with Gasteiger partial charge in [0, 0.05) is 12.8 Å². The van der Waals surface area contributed by atoms with Gasteiger partial charge in [-0.1, -0.05) is 167 Å². The number of carbonyl (C=O) groups is 2. The molecule has 0 radical (unpaired) electrons. The first-order chi connectivity index (χ1) is 25.5. The molecule has 0 fully saturated rings. The third-order valence-electron chi connectivity index (χ3n) is 9.55. The van der Waals surface area contributed by atoms with Crippen molar-refractivity contribution in [3.8, 4) is 0 Å². The number of unbranched alkanes of at least 4 members (excludes halogenated alkanes) is 24. The van der Waals surface area contributed by atoms with Crippen LogP contribution in [0.15, 0.2) is 12.2 Å². The lowest BCUT2D eigenvalue weighted by Gasteiger charge is -2.24. The molecule has 10 heteroatoms. The SMILES string of the molecule is CCCC/C=C\CCCCCCCC(=O)OC[C@H](COP(=O)(O)OCC[N+](C)(C)C)OC(=O)CCCCCCCCCCCCCCCCCCCC. The van der Waals surface area contributed by atoms with Gasteiger partial charge in [0.15, 0.2) is 6.10 Å². The maximum Gasteiger partial charge on any atom is 0.472 e. The Hall–Kier alpha value is -1.25. The van der Waals surface area contributed by atoms with Gasteiger partial charge in [0.1, 0.15) is 19.8 Å². The van der Waals surface area contributed by atoms with E-state index in [9.17, 15) is 19.0 Å². The summed E-state index contributed by atoms with van der Waals surface area (Å²) in [5.41, 5.74) is 0. The fourth-order valence-electron chi connectivity index (χ4n) is 6.05. The van der Waals surface area contributed by atoms with E-state index in [4.69, 9.17) is 18.5 Å². The molecule has 0 amide bonds. The van der Waals surface area contributed by atoms with E-state index in [0.717, 1.165) is 57.8 Å². The normalized spacial score (nSPS) is 13.7. The van der Waals surface area contributed by atoms with Crippen LogP contribution in [0.4, 0.5) is 0 Å². The summed E-state index contributed by atoms with van der Waals surface area (Å²) in [6, 6.07) is 0. The highest BCUT2D eigenvalue weighted by molar-refractivity contribution is 7.47. The Balaban J connectivity index is 4.30. The second-order valence-corrected chi connectivity index (χ2v) is 17.5. The van der Waals surface area contributed by atoms with Crippen LogP contribution in [0.5, 0.6) is 0 Å². The molecule has 0 spiro atoms. The Bertz CT molecular complexity index is 922. The predicted octanol–water partition coefficient (Wildman–Crippen LogP) is 12.2. The zero-order chi connectivity index (χ0) is 39.3. The zero-order valence-electron chi connectivity index (χ0n) is 35.3. The summed E-state index contributed by atoms with van der Waals surface area (Å²) >= 11 is 0. The first kappa shape index (κ1) is 51.8. The molecular weight excluding hydrogens is 689 g/mol. The lowest BCUT2D eigenvalue weighted by atomic mass is 10.0. The molecule has 1 N–H and O–H groups in total. The minimum absolute atomic E-state index is 0.0335. The molecular formula is C43H85NO8P+. The molecule has 0 aliphatic carbocycles. The number of rotatable bonds is 40. The monoisotopic (exact) mass is 775 g/mol. The molecule has 53 heavy (non-hydrogen) atoms. The van der Waals surface area contributed by atoms with Crippen LogP contribution in [0.25, 0.3) is 0 Å². The van der Waals surface area contributed by atoms with E-state index in [1.165, 1.54) is 109 Å². The van der Waals surface area contributed by atoms with Crippen molar-refractivity contribution in [1.82, 2.24) is 0 Å². The topological polar surface area (TPSA) is 108 Å². The standard InChI is InChI=1S/C43H84NO8P/c1-6-8-10-12-14-16-18-19-20-21-22-23-24-26-28-30-32-34-36-43(46)52-41(40-51-53(47,48)50-38-37-44(3,4)5)39-49-42(45)35-33-31-29-27-25-17-15-13-11-9-7-2/h13,15,41H,6-12,14,16-40H2,1-5H3/p+1/b15-13-/t41-/m1/s1. The number of carbonyl (C=O) groups excluding carboxylic acids is 2. The van der Waals surface area contributed by atoms with Crippen LogP contribution in [-0.4, -0.2) is 74.9 Å². The summed E-state index contributed by atoms with van der Waals surface area (Å²) in [7, 11) is 1.48. The van der Waals surface area contributed by atoms with Crippen molar-refractivity contribution in [1.29, 1.82) is 0 Å². The molecule has 0 bridgehead atoms. The Kier molecular flexibility index (Phi) is 35.5. The number of phosphoric acid groups is 1. The predicted molar refractivity (Wildman–Crippen MR) is 220 cm³/mol. The van der Waals surface area contributed by atoms with Crippen molar-refractivity contribution in [2.45, 2.75) is 206 Å². The van der Waals surface area contributed by atoms with E-state index < -0.39 is 26.5 Å². The number of allylic oxidation sites excluding steroid dienone is 2. The highest BCUT2D eigenvalue weighted by Gasteiger charge is 2.27. The van der Waals surface area contributed by atoms with Crippen LogP contribution in [0, 0.1) is 0 Å². The van der Waals surface area contributed by atoms with Crippen LogP contribution in [0.2, 0.25) is 0 Å². The van der Waals surface area contributed by atoms with Gasteiger partial charge in [0.05, 0.1) is 27.7 Å². The molecule has 0 rings (SSSR count). The van der Waals surface area contributed by atoms with E-state index in [2.05, 4.69) is 26.0 Å². The van der Waals surface area contributed by atoms with Crippen LogP contribution in [0.1, 0.15) is 200 Å². The number of ether oxygens (including phenoxy) is 2. The summed E-state index contributed by atoms with van der Waals surface area (Å²) in [6.07, 6.45) is 36.9. The van der Waals surface area contributed by atoms with Crippen molar-refractivity contribution >= 4 is 19.8 Å². The number of hydrogen-bond donors (Lipinski definition) is 1. The molecule has 2 atom stereocenters.